The Bertz CT molecular complexity index is 1640. The molecule has 4 bridgehead atoms. The summed E-state index contributed by atoms with van der Waals surface area (Å²) in [4.78, 5) is 58.0. The molecule has 0 aromatic heterocycles. The van der Waals surface area contributed by atoms with Crippen LogP contribution < -0.4 is 0 Å². The average Bonchev–Trinajstić information content (AvgIpc) is 4.09. The third-order valence-electron chi connectivity index (χ3n) is 18.5. The Morgan fingerprint density at radius 2 is 0.847 bits per heavy atom. The fourth-order valence-corrected chi connectivity index (χ4v) is 15.4. The minimum absolute atomic E-state index is 0.0400. The largest absolute Gasteiger partial charge is 0.375 e. The summed E-state index contributed by atoms with van der Waals surface area (Å²) < 4.78 is 13.5. The Morgan fingerprint density at radius 3 is 1.19 bits per heavy atom. The van der Waals surface area contributed by atoms with Gasteiger partial charge in [0.25, 0.3) is 0 Å². The number of amides is 4. The van der Waals surface area contributed by atoms with Gasteiger partial charge in [0.1, 0.15) is 0 Å². The highest BCUT2D eigenvalue weighted by molar-refractivity contribution is 6.07. The van der Waals surface area contributed by atoms with Gasteiger partial charge in [-0.3, -0.25) is 29.0 Å². The summed E-state index contributed by atoms with van der Waals surface area (Å²) in [6.07, 6.45) is 29.9. The van der Waals surface area contributed by atoms with Crippen LogP contribution in [0.5, 0.6) is 0 Å². The molecular formula is C51H70N2O6. The molecule has 10 aliphatic rings. The van der Waals surface area contributed by atoms with Crippen LogP contribution in [-0.4, -0.2) is 69.9 Å². The van der Waals surface area contributed by atoms with Gasteiger partial charge in [-0.25, -0.2) is 0 Å². The molecule has 0 radical (unpaired) electrons. The molecule has 10 rings (SSSR count). The van der Waals surface area contributed by atoms with E-state index in [1.165, 1.54) is 36.8 Å². The second-order valence-electron chi connectivity index (χ2n) is 21.6. The summed E-state index contributed by atoms with van der Waals surface area (Å²) in [5, 5.41) is 0. The van der Waals surface area contributed by atoms with Crippen LogP contribution in [0.25, 0.3) is 0 Å². The van der Waals surface area contributed by atoms with Crippen LogP contribution in [-0.2, 0) is 28.7 Å². The van der Waals surface area contributed by atoms with Gasteiger partial charge >= 0.3 is 0 Å². The van der Waals surface area contributed by atoms with Crippen LogP contribution in [0.2, 0.25) is 0 Å². The van der Waals surface area contributed by atoms with Gasteiger partial charge in [-0.1, -0.05) is 49.3 Å². The van der Waals surface area contributed by atoms with E-state index in [-0.39, 0.29) is 95.3 Å². The molecule has 0 aromatic rings. The number of carbonyl (C=O) groups excluding carboxylic acids is 4. The quantitative estimate of drug-likeness (QED) is 0.144. The molecule has 8 aliphatic carbocycles. The van der Waals surface area contributed by atoms with Gasteiger partial charge in [0.05, 0.1) is 48.1 Å². The summed E-state index contributed by atoms with van der Waals surface area (Å²) in [6, 6.07) is 0.0799. The second kappa shape index (κ2) is 15.8. The minimum atomic E-state index is -0.130. The number of allylic oxidation sites excluding steroid dienone is 6. The van der Waals surface area contributed by atoms with Crippen molar-refractivity contribution in [3.8, 4) is 0 Å². The van der Waals surface area contributed by atoms with Gasteiger partial charge in [-0.05, 0) is 169 Å². The summed E-state index contributed by atoms with van der Waals surface area (Å²) >= 11 is 0. The van der Waals surface area contributed by atoms with Crippen molar-refractivity contribution in [2.45, 2.75) is 179 Å². The molecule has 0 N–H and O–H groups in total. The normalized spacial score (nSPS) is 44.2. The van der Waals surface area contributed by atoms with Crippen LogP contribution in [0.4, 0.5) is 0 Å². The highest BCUT2D eigenvalue weighted by atomic mass is 16.5. The first-order valence-corrected chi connectivity index (χ1v) is 24.2. The predicted molar refractivity (Wildman–Crippen MR) is 226 cm³/mol. The van der Waals surface area contributed by atoms with E-state index in [2.05, 4.69) is 39.2 Å². The first-order chi connectivity index (χ1) is 28.5. The Kier molecular flexibility index (Phi) is 10.8. The van der Waals surface area contributed by atoms with Crippen molar-refractivity contribution in [3.05, 3.63) is 48.6 Å². The van der Waals surface area contributed by atoms with Crippen molar-refractivity contribution < 1.29 is 28.7 Å². The van der Waals surface area contributed by atoms with E-state index in [4.69, 9.17) is 9.47 Å². The van der Waals surface area contributed by atoms with Crippen molar-refractivity contribution in [1.82, 2.24) is 9.80 Å². The Morgan fingerprint density at radius 1 is 0.525 bits per heavy atom. The van der Waals surface area contributed by atoms with E-state index in [9.17, 15) is 19.2 Å². The fourth-order valence-electron chi connectivity index (χ4n) is 15.4. The number of hydrogen-bond acceptors (Lipinski definition) is 6. The van der Waals surface area contributed by atoms with Crippen molar-refractivity contribution >= 4 is 23.6 Å². The molecule has 8 unspecified atom stereocenters. The molecule has 0 aromatic carbocycles. The maximum atomic E-state index is 13.7. The van der Waals surface area contributed by atoms with Gasteiger partial charge in [0.2, 0.25) is 23.6 Å². The third kappa shape index (κ3) is 6.82. The maximum Gasteiger partial charge on any atom is 0.233 e. The lowest BCUT2D eigenvalue weighted by Gasteiger charge is -2.47. The Labute approximate surface area is 353 Å². The molecular weight excluding hydrogens is 737 g/mol. The molecule has 4 amide bonds. The molecule has 8 fully saturated rings. The van der Waals surface area contributed by atoms with Crippen molar-refractivity contribution in [1.29, 1.82) is 0 Å². The van der Waals surface area contributed by atoms with Crippen LogP contribution in [0.3, 0.4) is 0 Å². The molecule has 8 nitrogen and oxygen atoms in total. The zero-order valence-corrected chi connectivity index (χ0v) is 35.9. The summed E-state index contributed by atoms with van der Waals surface area (Å²) in [5.74, 6) is 2.30. The lowest BCUT2D eigenvalue weighted by Crippen LogP contribution is -2.45. The van der Waals surface area contributed by atoms with Gasteiger partial charge in [-0.15, -0.1) is 13.2 Å². The Hall–Kier alpha value is -2.84. The summed E-state index contributed by atoms with van der Waals surface area (Å²) in [5.41, 5.74) is 2.96. The van der Waals surface area contributed by atoms with Crippen LogP contribution in [0.1, 0.15) is 142 Å². The molecule has 320 valence electrons. The molecule has 6 saturated carbocycles. The highest BCUT2D eigenvalue weighted by Crippen LogP contribution is 2.59. The van der Waals surface area contributed by atoms with Crippen LogP contribution in [0.15, 0.2) is 48.6 Å². The smallest absolute Gasteiger partial charge is 0.233 e. The third-order valence-corrected chi connectivity index (χ3v) is 18.5. The van der Waals surface area contributed by atoms with Gasteiger partial charge in [0.15, 0.2) is 0 Å². The SMILES string of the molecule is C=CCC1=CC2CC1C1C(=O)N(C3CCC(OC4CCC(C(C)(C)C5CCC(OC6CCC(N7C(=O)C8C9C=C(CC=C)C(C9)C8C7=O)CC6)CC5)CC4)CC3)C(=O)C21. The highest BCUT2D eigenvalue weighted by Gasteiger charge is 2.63. The number of nitrogens with zero attached hydrogens (tertiary/aromatic N) is 2. The monoisotopic (exact) mass is 807 g/mol. The molecule has 8 heteroatoms. The fraction of sp³-hybridized carbons (Fsp3) is 0.765. The van der Waals surface area contributed by atoms with E-state index < -0.39 is 0 Å². The number of fused-ring (bicyclic) bond motifs is 10. The van der Waals surface area contributed by atoms with Crippen LogP contribution >= 0.6 is 0 Å². The zero-order valence-electron chi connectivity index (χ0n) is 35.9. The first-order valence-electron chi connectivity index (χ1n) is 24.2. The molecule has 8 atom stereocenters. The van der Waals surface area contributed by atoms with E-state index in [0.29, 0.717) is 29.5 Å². The lowest BCUT2D eigenvalue weighted by molar-refractivity contribution is -0.147. The number of ether oxygens (including phenoxy) is 2. The van der Waals surface area contributed by atoms with E-state index in [0.717, 1.165) is 103 Å². The molecule has 2 heterocycles. The molecule has 0 spiro atoms. The van der Waals surface area contributed by atoms with Crippen LogP contribution in [0, 0.1) is 64.6 Å². The second-order valence-corrected chi connectivity index (χ2v) is 21.6. The number of carbonyl (C=O) groups is 4. The number of likely N-dealkylation sites (tertiary alicyclic amines) is 2. The van der Waals surface area contributed by atoms with Crippen molar-refractivity contribution in [2.75, 3.05) is 0 Å². The molecule has 2 saturated heterocycles. The molecule has 59 heavy (non-hydrogen) atoms. The maximum absolute atomic E-state index is 13.7. The van der Waals surface area contributed by atoms with E-state index >= 15 is 0 Å². The molecule has 2 aliphatic heterocycles. The van der Waals surface area contributed by atoms with Crippen molar-refractivity contribution in [2.24, 2.45) is 64.6 Å². The summed E-state index contributed by atoms with van der Waals surface area (Å²) in [7, 11) is 0. The average molecular weight is 807 g/mol. The zero-order chi connectivity index (χ0) is 40.7. The number of hydrogen-bond donors (Lipinski definition) is 0. The van der Waals surface area contributed by atoms with E-state index in [1.807, 2.05) is 12.2 Å². The topological polar surface area (TPSA) is 93.2 Å². The van der Waals surface area contributed by atoms with Gasteiger partial charge < -0.3 is 9.47 Å². The van der Waals surface area contributed by atoms with E-state index in [1.54, 1.807) is 9.80 Å². The van der Waals surface area contributed by atoms with Gasteiger partial charge in [0, 0.05) is 12.1 Å². The minimum Gasteiger partial charge on any atom is -0.375 e. The first kappa shape index (κ1) is 40.2. The predicted octanol–water partition coefficient (Wildman–Crippen LogP) is 9.29. The Balaban J connectivity index is 0.632. The standard InChI is InChI=1S/C51H70N2O6/c1-5-7-29-25-31-27-41(29)45-43(31)47(54)52(49(45)56)35-13-21-39(22-14-35)58-37-17-9-33(10-18-37)51(3,4)34-11-19-38(20-12-34)59-40-23-15-36(16-24-40)53-48(55)44-32-26-30(8-6-2)42(28-32)46(44)50(53)57/h5-6,25-26,31-46H,1-2,7-24,27-28H2,3-4H3. The number of imide groups is 2. The van der Waals surface area contributed by atoms with Gasteiger partial charge in [-0.2, -0.15) is 0 Å². The summed E-state index contributed by atoms with van der Waals surface area (Å²) in [6.45, 7) is 12.9. The van der Waals surface area contributed by atoms with Crippen molar-refractivity contribution in [3.63, 3.8) is 0 Å². The lowest BCUT2D eigenvalue weighted by atomic mass is 9.60. The number of rotatable bonds is 12.